The second-order valence-electron chi connectivity index (χ2n) is 5.28. The van der Waals surface area contributed by atoms with Crippen LogP contribution in [0.1, 0.15) is 10.4 Å². The average molecular weight is 369 g/mol. The first kappa shape index (κ1) is 17.4. The normalized spacial score (nSPS) is 10.9. The van der Waals surface area contributed by atoms with Crippen LogP contribution < -0.4 is 15.8 Å². The van der Waals surface area contributed by atoms with Gasteiger partial charge in [0.25, 0.3) is 15.9 Å². The lowest BCUT2D eigenvalue weighted by atomic mass is 10.2. The summed E-state index contributed by atoms with van der Waals surface area (Å²) >= 11 is 0. The number of nitrogens with one attached hydrogen (secondary N) is 2. The maximum Gasteiger partial charge on any atom is 0.264 e. The van der Waals surface area contributed by atoms with E-state index in [1.807, 2.05) is 0 Å². The van der Waals surface area contributed by atoms with E-state index in [0.717, 1.165) is 0 Å². The molecule has 1 amide bonds. The van der Waals surface area contributed by atoms with Crippen LogP contribution in [0.25, 0.3) is 0 Å². The molecule has 0 saturated heterocycles. The van der Waals surface area contributed by atoms with Gasteiger partial charge in [0, 0.05) is 29.3 Å². The number of carbonyl (C=O) groups is 1. The topological polar surface area (TPSA) is 127 Å². The van der Waals surface area contributed by atoms with Gasteiger partial charge in [0.2, 0.25) is 5.95 Å². The first-order valence-electron chi connectivity index (χ1n) is 7.51. The molecule has 0 fully saturated rings. The number of nitrogens with zero attached hydrogens (tertiary/aromatic N) is 2. The Morgan fingerprint density at radius 2 is 1.65 bits per heavy atom. The van der Waals surface area contributed by atoms with Gasteiger partial charge >= 0.3 is 0 Å². The standard InChI is InChI=1S/C17H15N5O3S/c18-13-4-1-3-12(11-13)16(23)21-14-5-7-15(8-6-14)26(24,25)22-17-19-9-2-10-20-17/h1-11H,18H2,(H,21,23)(H,19,20,22). The molecule has 4 N–H and O–H groups in total. The number of carbonyl (C=O) groups excluding carboxylic acids is 1. The van der Waals surface area contributed by atoms with Crippen molar-refractivity contribution in [1.29, 1.82) is 0 Å². The summed E-state index contributed by atoms with van der Waals surface area (Å²) in [6, 6.07) is 13.9. The zero-order chi connectivity index (χ0) is 18.6. The van der Waals surface area contributed by atoms with Gasteiger partial charge in [0.15, 0.2) is 0 Å². The second kappa shape index (κ2) is 7.19. The summed E-state index contributed by atoms with van der Waals surface area (Å²) in [5.41, 5.74) is 7.00. The number of amides is 1. The molecule has 0 saturated carbocycles. The first-order chi connectivity index (χ1) is 12.4. The van der Waals surface area contributed by atoms with Crippen LogP contribution in [0.2, 0.25) is 0 Å². The van der Waals surface area contributed by atoms with E-state index in [9.17, 15) is 13.2 Å². The molecule has 3 aromatic rings. The maximum absolute atomic E-state index is 12.3. The molecular formula is C17H15N5O3S. The maximum atomic E-state index is 12.3. The molecule has 0 radical (unpaired) electrons. The third-order valence-electron chi connectivity index (χ3n) is 3.36. The van der Waals surface area contributed by atoms with Gasteiger partial charge in [-0.05, 0) is 48.5 Å². The van der Waals surface area contributed by atoms with E-state index in [4.69, 9.17) is 5.73 Å². The molecule has 0 atom stereocenters. The summed E-state index contributed by atoms with van der Waals surface area (Å²) in [7, 11) is -3.82. The van der Waals surface area contributed by atoms with E-state index < -0.39 is 10.0 Å². The van der Waals surface area contributed by atoms with Crippen LogP contribution in [0.3, 0.4) is 0 Å². The molecule has 0 spiro atoms. The van der Waals surface area contributed by atoms with Crippen LogP contribution >= 0.6 is 0 Å². The first-order valence-corrected chi connectivity index (χ1v) is 8.99. The zero-order valence-corrected chi connectivity index (χ0v) is 14.3. The Morgan fingerprint density at radius 3 is 2.31 bits per heavy atom. The van der Waals surface area contributed by atoms with Gasteiger partial charge in [-0.2, -0.15) is 0 Å². The van der Waals surface area contributed by atoms with Crippen molar-refractivity contribution < 1.29 is 13.2 Å². The molecule has 0 bridgehead atoms. The largest absolute Gasteiger partial charge is 0.399 e. The van der Waals surface area contributed by atoms with Gasteiger partial charge < -0.3 is 11.1 Å². The SMILES string of the molecule is Nc1cccc(C(=O)Nc2ccc(S(=O)(=O)Nc3ncccn3)cc2)c1. The van der Waals surface area contributed by atoms with Crippen LogP contribution in [0.15, 0.2) is 71.9 Å². The smallest absolute Gasteiger partial charge is 0.264 e. The Bertz CT molecular complexity index is 1020. The molecule has 9 heteroatoms. The third-order valence-corrected chi connectivity index (χ3v) is 4.71. The number of aromatic nitrogens is 2. The van der Waals surface area contributed by atoms with Crippen LogP contribution in [-0.4, -0.2) is 24.3 Å². The molecule has 1 heterocycles. The van der Waals surface area contributed by atoms with Crippen molar-refractivity contribution in [1.82, 2.24) is 9.97 Å². The summed E-state index contributed by atoms with van der Waals surface area (Å²) < 4.78 is 26.9. The number of hydrogen-bond donors (Lipinski definition) is 3. The van der Waals surface area contributed by atoms with Crippen molar-refractivity contribution in [3.8, 4) is 0 Å². The average Bonchev–Trinajstić information content (AvgIpc) is 2.62. The molecule has 3 rings (SSSR count). The molecule has 8 nitrogen and oxygen atoms in total. The second-order valence-corrected chi connectivity index (χ2v) is 6.96. The van der Waals surface area contributed by atoms with E-state index >= 15 is 0 Å². The summed E-state index contributed by atoms with van der Waals surface area (Å²) in [5.74, 6) is -0.365. The number of benzene rings is 2. The Labute approximate surface area is 150 Å². The fraction of sp³-hybridized carbons (Fsp3) is 0. The van der Waals surface area contributed by atoms with Gasteiger partial charge in [0.1, 0.15) is 0 Å². The Kier molecular flexibility index (Phi) is 4.81. The summed E-state index contributed by atoms with van der Waals surface area (Å²) in [5, 5.41) is 2.68. The Morgan fingerprint density at radius 1 is 0.962 bits per heavy atom. The van der Waals surface area contributed by atoms with Gasteiger partial charge in [0.05, 0.1) is 4.90 Å². The molecule has 0 aliphatic rings. The van der Waals surface area contributed by atoms with E-state index in [2.05, 4.69) is 20.0 Å². The van der Waals surface area contributed by atoms with Crippen LogP contribution in [0, 0.1) is 0 Å². The summed E-state index contributed by atoms with van der Waals surface area (Å²) in [6.07, 6.45) is 2.86. The lowest BCUT2D eigenvalue weighted by Crippen LogP contribution is -2.15. The number of nitrogen functional groups attached to an aromatic ring is 1. The Balaban J connectivity index is 1.73. The quantitative estimate of drug-likeness (QED) is 0.591. The number of hydrogen-bond acceptors (Lipinski definition) is 6. The predicted molar refractivity (Wildman–Crippen MR) is 98.1 cm³/mol. The van der Waals surface area contributed by atoms with Gasteiger partial charge in [-0.1, -0.05) is 6.07 Å². The highest BCUT2D eigenvalue weighted by Gasteiger charge is 2.15. The van der Waals surface area contributed by atoms with Crippen molar-refractivity contribution in [3.05, 3.63) is 72.6 Å². The fourth-order valence-corrected chi connectivity index (χ4v) is 3.09. The van der Waals surface area contributed by atoms with Crippen molar-refractivity contribution in [2.45, 2.75) is 4.90 Å². The number of anilines is 3. The molecule has 0 aliphatic carbocycles. The lowest BCUT2D eigenvalue weighted by Gasteiger charge is -2.08. The van der Waals surface area contributed by atoms with Gasteiger partial charge in [-0.15, -0.1) is 0 Å². The highest BCUT2D eigenvalue weighted by Crippen LogP contribution is 2.17. The van der Waals surface area contributed by atoms with Crippen LogP contribution in [0.5, 0.6) is 0 Å². The highest BCUT2D eigenvalue weighted by atomic mass is 32.2. The summed E-state index contributed by atoms with van der Waals surface area (Å²) in [4.78, 5) is 19.8. The van der Waals surface area contributed by atoms with Crippen molar-refractivity contribution in [2.24, 2.45) is 0 Å². The fourth-order valence-electron chi connectivity index (χ4n) is 2.13. The van der Waals surface area contributed by atoms with Crippen LogP contribution in [0.4, 0.5) is 17.3 Å². The molecule has 0 unspecified atom stereocenters. The number of nitrogens with two attached hydrogens (primary N) is 1. The summed E-state index contributed by atoms with van der Waals surface area (Å²) in [6.45, 7) is 0. The van der Waals surface area contributed by atoms with E-state index in [1.165, 1.54) is 36.7 Å². The third kappa shape index (κ3) is 4.14. The van der Waals surface area contributed by atoms with E-state index in [1.54, 1.807) is 30.3 Å². The molecule has 1 aromatic heterocycles. The Hall–Kier alpha value is -3.46. The van der Waals surface area contributed by atoms with E-state index in [-0.39, 0.29) is 16.8 Å². The molecule has 2 aromatic carbocycles. The number of rotatable bonds is 5. The molecule has 132 valence electrons. The van der Waals surface area contributed by atoms with Crippen molar-refractivity contribution in [3.63, 3.8) is 0 Å². The minimum atomic E-state index is -3.82. The predicted octanol–water partition coefficient (Wildman–Crippen LogP) is 2.11. The minimum Gasteiger partial charge on any atom is -0.399 e. The minimum absolute atomic E-state index is 0.0203. The molecule has 0 aliphatic heterocycles. The van der Waals surface area contributed by atoms with Crippen LogP contribution in [-0.2, 0) is 10.0 Å². The molecular weight excluding hydrogens is 354 g/mol. The monoisotopic (exact) mass is 369 g/mol. The molecule has 26 heavy (non-hydrogen) atoms. The lowest BCUT2D eigenvalue weighted by molar-refractivity contribution is 0.102. The highest BCUT2D eigenvalue weighted by molar-refractivity contribution is 7.92. The van der Waals surface area contributed by atoms with Crippen molar-refractivity contribution >= 4 is 33.3 Å². The van der Waals surface area contributed by atoms with Gasteiger partial charge in [-0.25, -0.2) is 23.1 Å². The van der Waals surface area contributed by atoms with Gasteiger partial charge in [-0.3, -0.25) is 4.79 Å². The number of sulfonamides is 1. The zero-order valence-electron chi connectivity index (χ0n) is 13.5. The van der Waals surface area contributed by atoms with Crippen molar-refractivity contribution in [2.75, 3.05) is 15.8 Å². The van der Waals surface area contributed by atoms with E-state index in [0.29, 0.717) is 16.9 Å².